The van der Waals surface area contributed by atoms with E-state index in [-0.39, 0.29) is 12.6 Å². The molecule has 3 rings (SSSR count). The van der Waals surface area contributed by atoms with Crippen molar-refractivity contribution in [3.05, 3.63) is 64.9 Å². The van der Waals surface area contributed by atoms with Crippen LogP contribution in [-0.4, -0.2) is 20.3 Å². The van der Waals surface area contributed by atoms with Gasteiger partial charge in [-0.15, -0.1) is 0 Å². The molecule has 3 heterocycles. The van der Waals surface area contributed by atoms with Crippen molar-refractivity contribution >= 4 is 27.4 Å². The van der Waals surface area contributed by atoms with Crippen molar-refractivity contribution in [3.63, 3.8) is 0 Å². The summed E-state index contributed by atoms with van der Waals surface area (Å²) in [4.78, 5) is 20.1. The van der Waals surface area contributed by atoms with E-state index in [1.165, 1.54) is 0 Å². The molecule has 0 bridgehead atoms. The minimum Gasteiger partial charge on any atom is -0.456 e. The predicted molar refractivity (Wildman–Crippen MR) is 76.2 cm³/mol. The highest BCUT2D eigenvalue weighted by Gasteiger charge is 2.08. The second-order valence-corrected chi connectivity index (χ2v) is 5.10. The van der Waals surface area contributed by atoms with Crippen LogP contribution in [0.3, 0.4) is 0 Å². The van der Waals surface area contributed by atoms with Gasteiger partial charge in [-0.25, -0.2) is 9.78 Å². The standard InChI is InChI=1S/C14H10BrN3O2/c15-11-1-2-12(17-6-11)8-20-14(19)10-3-4-18-9-16-7-13(18)5-10/h1-7,9H,8H2. The average Bonchev–Trinajstić information content (AvgIpc) is 2.93. The van der Waals surface area contributed by atoms with Gasteiger partial charge in [0.2, 0.25) is 0 Å². The molecule has 100 valence electrons. The van der Waals surface area contributed by atoms with Gasteiger partial charge in [0.1, 0.15) is 6.61 Å². The third kappa shape index (κ3) is 2.70. The van der Waals surface area contributed by atoms with Crippen LogP contribution in [-0.2, 0) is 11.3 Å². The number of nitrogens with zero attached hydrogens (tertiary/aromatic N) is 3. The van der Waals surface area contributed by atoms with E-state index in [1.54, 1.807) is 43.1 Å². The summed E-state index contributed by atoms with van der Waals surface area (Å²) in [5.74, 6) is -0.376. The molecule has 0 amide bonds. The van der Waals surface area contributed by atoms with E-state index in [0.717, 1.165) is 9.99 Å². The highest BCUT2D eigenvalue weighted by molar-refractivity contribution is 9.10. The average molecular weight is 332 g/mol. The quantitative estimate of drug-likeness (QED) is 0.692. The Morgan fingerprint density at radius 2 is 2.20 bits per heavy atom. The van der Waals surface area contributed by atoms with Crippen molar-refractivity contribution < 1.29 is 9.53 Å². The van der Waals surface area contributed by atoms with Crippen molar-refractivity contribution in [1.29, 1.82) is 0 Å². The van der Waals surface area contributed by atoms with Gasteiger partial charge in [-0.05, 0) is 40.2 Å². The molecule has 0 N–H and O–H groups in total. The summed E-state index contributed by atoms with van der Waals surface area (Å²) < 4.78 is 7.95. The Morgan fingerprint density at radius 3 is 3.00 bits per heavy atom. The summed E-state index contributed by atoms with van der Waals surface area (Å²) in [7, 11) is 0. The molecule has 0 fully saturated rings. The van der Waals surface area contributed by atoms with Crippen LogP contribution in [0, 0.1) is 0 Å². The number of ether oxygens (including phenoxy) is 1. The normalized spacial score (nSPS) is 10.7. The van der Waals surface area contributed by atoms with Gasteiger partial charge in [0.05, 0.1) is 29.3 Å². The Morgan fingerprint density at radius 1 is 1.30 bits per heavy atom. The zero-order chi connectivity index (χ0) is 13.9. The van der Waals surface area contributed by atoms with Crippen LogP contribution in [0.4, 0.5) is 0 Å². The number of fused-ring (bicyclic) bond motifs is 1. The zero-order valence-electron chi connectivity index (χ0n) is 10.4. The van der Waals surface area contributed by atoms with E-state index in [4.69, 9.17) is 4.74 Å². The molecule has 0 spiro atoms. The molecule has 0 saturated carbocycles. The highest BCUT2D eigenvalue weighted by Crippen LogP contribution is 2.11. The number of esters is 1. The smallest absolute Gasteiger partial charge is 0.338 e. The topological polar surface area (TPSA) is 56.5 Å². The highest BCUT2D eigenvalue weighted by atomic mass is 79.9. The van der Waals surface area contributed by atoms with Gasteiger partial charge >= 0.3 is 5.97 Å². The van der Waals surface area contributed by atoms with Gasteiger partial charge in [-0.3, -0.25) is 4.98 Å². The maximum Gasteiger partial charge on any atom is 0.338 e. The van der Waals surface area contributed by atoms with Gasteiger partial charge in [0.15, 0.2) is 0 Å². The Labute approximate surface area is 123 Å². The second-order valence-electron chi connectivity index (χ2n) is 4.19. The van der Waals surface area contributed by atoms with Crippen LogP contribution in [0.25, 0.3) is 5.52 Å². The number of carbonyl (C=O) groups is 1. The predicted octanol–water partition coefficient (Wildman–Crippen LogP) is 2.85. The molecule has 0 unspecified atom stereocenters. The lowest BCUT2D eigenvalue weighted by Gasteiger charge is -2.05. The third-order valence-corrected chi connectivity index (χ3v) is 3.26. The molecule has 5 nitrogen and oxygen atoms in total. The molecular formula is C14H10BrN3O2. The lowest BCUT2D eigenvalue weighted by molar-refractivity contribution is 0.0468. The zero-order valence-corrected chi connectivity index (χ0v) is 11.9. The molecule has 0 aliphatic heterocycles. The molecule has 0 saturated heterocycles. The maximum atomic E-state index is 12.0. The fourth-order valence-electron chi connectivity index (χ4n) is 1.76. The SMILES string of the molecule is O=C(OCc1ccc(Br)cn1)c1ccn2cncc2c1. The van der Waals surface area contributed by atoms with Crippen LogP contribution in [0.2, 0.25) is 0 Å². The summed E-state index contributed by atoms with van der Waals surface area (Å²) in [5.41, 5.74) is 2.04. The van der Waals surface area contributed by atoms with Gasteiger partial charge < -0.3 is 9.14 Å². The fourth-order valence-corrected chi connectivity index (χ4v) is 2.00. The van der Waals surface area contributed by atoms with E-state index in [0.29, 0.717) is 11.3 Å². The van der Waals surface area contributed by atoms with Gasteiger partial charge in [0.25, 0.3) is 0 Å². The largest absolute Gasteiger partial charge is 0.456 e. The molecule has 0 radical (unpaired) electrons. The second kappa shape index (κ2) is 5.42. The molecule has 0 aliphatic rings. The van der Waals surface area contributed by atoms with Crippen molar-refractivity contribution in [2.24, 2.45) is 0 Å². The fraction of sp³-hybridized carbons (Fsp3) is 0.0714. The lowest BCUT2D eigenvalue weighted by atomic mass is 10.2. The number of hydrogen-bond acceptors (Lipinski definition) is 4. The van der Waals surface area contributed by atoms with Gasteiger partial charge in [-0.1, -0.05) is 0 Å². The van der Waals surface area contributed by atoms with Gasteiger partial charge in [0, 0.05) is 16.9 Å². The molecule has 0 atom stereocenters. The summed E-state index contributed by atoms with van der Waals surface area (Å²) in [5, 5.41) is 0. The van der Waals surface area contributed by atoms with E-state index in [1.807, 2.05) is 10.5 Å². The van der Waals surface area contributed by atoms with Crippen molar-refractivity contribution in [2.45, 2.75) is 6.61 Å². The number of rotatable bonds is 3. The molecule has 20 heavy (non-hydrogen) atoms. The summed E-state index contributed by atoms with van der Waals surface area (Å²) in [6, 6.07) is 7.10. The maximum absolute atomic E-state index is 12.0. The van der Waals surface area contributed by atoms with Crippen LogP contribution < -0.4 is 0 Å². The van der Waals surface area contributed by atoms with Crippen LogP contribution in [0.1, 0.15) is 16.1 Å². The van der Waals surface area contributed by atoms with Crippen LogP contribution in [0.5, 0.6) is 0 Å². The van der Waals surface area contributed by atoms with Crippen LogP contribution >= 0.6 is 15.9 Å². The van der Waals surface area contributed by atoms with E-state index < -0.39 is 0 Å². The molecule has 0 aromatic carbocycles. The molecule has 6 heteroatoms. The number of pyridine rings is 2. The minimum absolute atomic E-state index is 0.149. The summed E-state index contributed by atoms with van der Waals surface area (Å²) >= 11 is 3.30. The van der Waals surface area contributed by atoms with Crippen molar-refractivity contribution in [1.82, 2.24) is 14.4 Å². The van der Waals surface area contributed by atoms with Crippen LogP contribution in [0.15, 0.2) is 53.7 Å². The summed E-state index contributed by atoms with van der Waals surface area (Å²) in [6.07, 6.45) is 6.81. The van der Waals surface area contributed by atoms with E-state index in [9.17, 15) is 4.79 Å². The number of imidazole rings is 1. The first kappa shape index (κ1) is 12.8. The third-order valence-electron chi connectivity index (χ3n) is 2.79. The monoisotopic (exact) mass is 331 g/mol. The molecule has 0 aliphatic carbocycles. The molecule has 3 aromatic heterocycles. The Kier molecular flexibility index (Phi) is 3.47. The first-order chi connectivity index (χ1) is 9.72. The number of hydrogen-bond donors (Lipinski definition) is 0. The Hall–Kier alpha value is -2.21. The van der Waals surface area contributed by atoms with E-state index >= 15 is 0 Å². The first-order valence-corrected chi connectivity index (χ1v) is 6.71. The number of carbonyl (C=O) groups excluding carboxylic acids is 1. The number of aromatic nitrogens is 3. The lowest BCUT2D eigenvalue weighted by Crippen LogP contribution is -2.06. The summed E-state index contributed by atoms with van der Waals surface area (Å²) in [6.45, 7) is 0.149. The van der Waals surface area contributed by atoms with Crippen molar-refractivity contribution in [2.75, 3.05) is 0 Å². The first-order valence-electron chi connectivity index (χ1n) is 5.92. The molecular weight excluding hydrogens is 322 g/mol. The Bertz CT molecular complexity index is 752. The Balaban J connectivity index is 1.70. The minimum atomic E-state index is -0.376. The number of halogens is 1. The van der Waals surface area contributed by atoms with Crippen molar-refractivity contribution in [3.8, 4) is 0 Å². The molecule has 3 aromatic rings. The van der Waals surface area contributed by atoms with Gasteiger partial charge in [-0.2, -0.15) is 0 Å². The van der Waals surface area contributed by atoms with E-state index in [2.05, 4.69) is 25.9 Å².